The first kappa shape index (κ1) is 39.8. The third kappa shape index (κ3) is 10.8. The van der Waals surface area contributed by atoms with Crippen molar-refractivity contribution in [2.45, 2.75) is 58.8 Å². The highest BCUT2D eigenvalue weighted by Crippen LogP contribution is 2.30. The normalized spacial score (nSPS) is 26.2. The van der Waals surface area contributed by atoms with Crippen molar-refractivity contribution < 1.29 is 38.5 Å². The summed E-state index contributed by atoms with van der Waals surface area (Å²) in [6, 6.07) is 6.43. The fourth-order valence-corrected chi connectivity index (χ4v) is 7.36. The van der Waals surface area contributed by atoms with Crippen LogP contribution in [0.4, 0.5) is 14.9 Å². The van der Waals surface area contributed by atoms with E-state index in [-0.39, 0.29) is 37.8 Å². The molecule has 0 radical (unpaired) electrons. The van der Waals surface area contributed by atoms with Crippen LogP contribution in [-0.2, 0) is 25.7 Å². The number of β-amino-alcohol motifs (C(OH)–C–C–N with tert-alkyl or cyclic N) is 1. The molecule has 0 unspecified atom stereocenters. The average molecular weight is 737 g/mol. The predicted octanol–water partition coefficient (Wildman–Crippen LogP) is 3.02. The number of piperazine rings is 2. The fraction of sp³-hybridized carbons (Fsp3) is 0.564. The Bertz CT molecular complexity index is 1630. The van der Waals surface area contributed by atoms with Crippen LogP contribution < -0.4 is 4.90 Å². The summed E-state index contributed by atoms with van der Waals surface area (Å²) < 4.78 is 22.7. The van der Waals surface area contributed by atoms with Gasteiger partial charge in [-0.15, -0.1) is 0 Å². The zero-order valence-corrected chi connectivity index (χ0v) is 31.0. The van der Waals surface area contributed by atoms with Gasteiger partial charge in [-0.2, -0.15) is 5.10 Å². The van der Waals surface area contributed by atoms with E-state index in [9.17, 15) is 29.4 Å². The lowest BCUT2D eigenvalue weighted by atomic mass is 9.80. The zero-order valence-electron chi connectivity index (χ0n) is 31.0. The summed E-state index contributed by atoms with van der Waals surface area (Å²) in [7, 11) is 0. The van der Waals surface area contributed by atoms with Crippen molar-refractivity contribution in [3.8, 4) is 0 Å². The number of anilines is 1. The summed E-state index contributed by atoms with van der Waals surface area (Å²) in [4.78, 5) is 60.5. The molecule has 2 amide bonds. The van der Waals surface area contributed by atoms with E-state index < -0.39 is 47.5 Å². The van der Waals surface area contributed by atoms with Gasteiger partial charge in [-0.3, -0.25) is 24.0 Å². The van der Waals surface area contributed by atoms with Crippen LogP contribution in [0, 0.1) is 23.6 Å². The SMILES string of the molecule is C/C(=C\c1cc(F)cc(N2CCN(C(=O)Cn3cccn3)CC2)c1)[C@H]1C(=O)C(=O)C[C@H](O)CC[C@H](C)[C@@H](OC(=O)N2CCN(CCO)CC2)/C=C/[C@@H]1C. The summed E-state index contributed by atoms with van der Waals surface area (Å²) >= 11 is 0. The molecule has 0 spiro atoms. The second-order valence-corrected chi connectivity index (χ2v) is 14.5. The van der Waals surface area contributed by atoms with Crippen molar-refractivity contribution in [1.29, 1.82) is 0 Å². The number of aliphatic hydroxyl groups is 2. The Morgan fingerprint density at radius 2 is 1.70 bits per heavy atom. The number of ketones is 2. The van der Waals surface area contributed by atoms with Gasteiger partial charge in [0.1, 0.15) is 18.5 Å². The Kier molecular flexibility index (Phi) is 13.9. The maximum absolute atomic E-state index is 15.1. The molecule has 3 aliphatic rings. The maximum Gasteiger partial charge on any atom is 0.410 e. The van der Waals surface area contributed by atoms with Gasteiger partial charge in [-0.05, 0) is 67.5 Å². The number of allylic oxidation sites excluding steroid dienone is 2. The molecule has 1 aliphatic carbocycles. The van der Waals surface area contributed by atoms with Gasteiger partial charge in [0.2, 0.25) is 17.5 Å². The first-order valence-electron chi connectivity index (χ1n) is 18.6. The molecule has 2 saturated heterocycles. The van der Waals surface area contributed by atoms with E-state index in [4.69, 9.17) is 4.74 Å². The smallest absolute Gasteiger partial charge is 0.410 e. The molecule has 0 saturated carbocycles. The van der Waals surface area contributed by atoms with E-state index in [0.717, 1.165) is 0 Å². The molecule has 5 atom stereocenters. The Labute approximate surface area is 310 Å². The lowest BCUT2D eigenvalue weighted by Crippen LogP contribution is -2.50. The van der Waals surface area contributed by atoms with Crippen LogP contribution in [0.25, 0.3) is 6.08 Å². The molecule has 288 valence electrons. The van der Waals surface area contributed by atoms with Crippen molar-refractivity contribution in [2.75, 3.05) is 70.4 Å². The van der Waals surface area contributed by atoms with Crippen molar-refractivity contribution in [3.63, 3.8) is 0 Å². The summed E-state index contributed by atoms with van der Waals surface area (Å²) in [5.74, 6) is -3.34. The highest BCUT2D eigenvalue weighted by molar-refractivity contribution is 6.38. The molecular weight excluding hydrogens is 683 g/mol. The van der Waals surface area contributed by atoms with Crippen molar-refractivity contribution >= 4 is 35.3 Å². The minimum Gasteiger partial charge on any atom is -0.442 e. The molecule has 3 heterocycles. The highest BCUT2D eigenvalue weighted by atomic mass is 19.1. The molecule has 53 heavy (non-hydrogen) atoms. The lowest BCUT2D eigenvalue weighted by molar-refractivity contribution is -0.140. The average Bonchev–Trinajstić information content (AvgIpc) is 3.65. The zero-order chi connectivity index (χ0) is 38.1. The van der Waals surface area contributed by atoms with Crippen LogP contribution in [-0.4, -0.2) is 136 Å². The van der Waals surface area contributed by atoms with Gasteiger partial charge in [0, 0.05) is 83.4 Å². The van der Waals surface area contributed by atoms with Gasteiger partial charge in [0.25, 0.3) is 0 Å². The van der Waals surface area contributed by atoms with E-state index in [0.29, 0.717) is 82.1 Å². The van der Waals surface area contributed by atoms with Crippen LogP contribution in [0.3, 0.4) is 0 Å². The number of nitrogens with zero attached hydrogens (tertiary/aromatic N) is 6. The van der Waals surface area contributed by atoms with Gasteiger partial charge in [0.15, 0.2) is 0 Å². The number of carbonyl (C=O) groups excluding carboxylic acids is 4. The Morgan fingerprint density at radius 1 is 0.981 bits per heavy atom. The molecule has 2 N–H and O–H groups in total. The van der Waals surface area contributed by atoms with Crippen LogP contribution in [0.15, 0.2) is 54.4 Å². The minimum absolute atomic E-state index is 0.0360. The molecule has 14 heteroatoms. The van der Waals surface area contributed by atoms with Crippen molar-refractivity contribution in [3.05, 3.63) is 65.8 Å². The molecule has 1 aromatic carbocycles. The van der Waals surface area contributed by atoms with Crippen LogP contribution in [0.2, 0.25) is 0 Å². The summed E-state index contributed by atoms with van der Waals surface area (Å²) in [6.07, 6.45) is 7.00. The number of carbonyl (C=O) groups is 4. The molecule has 2 aromatic rings. The number of aromatic nitrogens is 2. The van der Waals surface area contributed by atoms with Gasteiger partial charge in [-0.25, -0.2) is 9.18 Å². The molecule has 2 fully saturated rings. The first-order chi connectivity index (χ1) is 25.4. The number of Topliss-reactive ketones (excluding diaryl/α,β-unsaturated/α-hetero) is 2. The van der Waals surface area contributed by atoms with Gasteiger partial charge in [-0.1, -0.05) is 31.6 Å². The van der Waals surface area contributed by atoms with Gasteiger partial charge < -0.3 is 29.6 Å². The molecule has 2 aliphatic heterocycles. The minimum atomic E-state index is -1.03. The van der Waals surface area contributed by atoms with Gasteiger partial charge in [0.05, 0.1) is 18.6 Å². The van der Waals surface area contributed by atoms with E-state index in [2.05, 4.69) is 10.00 Å². The van der Waals surface area contributed by atoms with Crippen molar-refractivity contribution in [2.24, 2.45) is 17.8 Å². The first-order valence-corrected chi connectivity index (χ1v) is 18.6. The van der Waals surface area contributed by atoms with Gasteiger partial charge >= 0.3 is 6.09 Å². The molecule has 5 rings (SSSR count). The number of amides is 2. The second-order valence-electron chi connectivity index (χ2n) is 14.5. The summed E-state index contributed by atoms with van der Waals surface area (Å²) in [6.45, 7) is 10.5. The van der Waals surface area contributed by atoms with Crippen LogP contribution in [0.1, 0.15) is 45.6 Å². The number of rotatable bonds is 8. The second kappa shape index (κ2) is 18.6. The molecule has 13 nitrogen and oxygen atoms in total. The predicted molar refractivity (Wildman–Crippen MR) is 197 cm³/mol. The Hall–Kier alpha value is -4.40. The molecule has 1 aromatic heterocycles. The van der Waals surface area contributed by atoms with Crippen molar-refractivity contribution in [1.82, 2.24) is 24.5 Å². The number of aliphatic hydroxyl groups excluding tert-OH is 2. The highest BCUT2D eigenvalue weighted by Gasteiger charge is 2.34. The Morgan fingerprint density at radius 3 is 2.38 bits per heavy atom. The monoisotopic (exact) mass is 736 g/mol. The number of halogens is 1. The number of ether oxygens (including phenoxy) is 1. The van der Waals surface area contributed by atoms with E-state index >= 15 is 4.39 Å². The van der Waals surface area contributed by atoms with E-state index in [1.807, 2.05) is 30.9 Å². The lowest BCUT2D eigenvalue weighted by Gasteiger charge is -2.36. The largest absolute Gasteiger partial charge is 0.442 e. The topological polar surface area (TPSA) is 149 Å². The van der Waals surface area contributed by atoms with E-state index in [1.54, 1.807) is 52.0 Å². The number of hydrogen-bond acceptors (Lipinski definition) is 10. The number of benzene rings is 1. The summed E-state index contributed by atoms with van der Waals surface area (Å²) in [5, 5.41) is 24.1. The molecule has 0 bridgehead atoms. The standard InChI is InChI=1S/C39H53FN6O7/c1-27-5-7-33(48)25-34(49)38(51)37(28(2)6-8-35(27)53-39(52)45-13-11-42(12-14-45)19-20-47)29(3)21-30-22-31(40)24-32(23-30)43-15-17-44(18-16-43)36(50)26-46-10-4-9-41-46/h4,6,8-10,21-24,27-28,33,35,37,47-48H,5,7,11-20,25-26H2,1-3H3/b8-6+,29-21+/t27-,28-,33+,35-,37-/m0/s1. The quantitative estimate of drug-likeness (QED) is 0.306. The number of hydrogen-bond donors (Lipinski definition) is 2. The third-order valence-corrected chi connectivity index (χ3v) is 10.6. The maximum atomic E-state index is 15.1. The molecular formula is C39H53FN6O7. The van der Waals surface area contributed by atoms with Crippen LogP contribution >= 0.6 is 0 Å². The van der Waals surface area contributed by atoms with E-state index in [1.165, 1.54) is 12.1 Å². The summed E-state index contributed by atoms with van der Waals surface area (Å²) in [5.41, 5.74) is 1.73. The Balaban J connectivity index is 1.31. The fourth-order valence-electron chi connectivity index (χ4n) is 7.36. The third-order valence-electron chi connectivity index (χ3n) is 10.6. The van der Waals surface area contributed by atoms with Crippen LogP contribution in [0.5, 0.6) is 0 Å².